The van der Waals surface area contributed by atoms with Gasteiger partial charge in [0.05, 0.1) is 12.1 Å². The first kappa shape index (κ1) is 16.2. The zero-order valence-electron chi connectivity index (χ0n) is 13.2. The molecule has 3 rings (SSSR count). The van der Waals surface area contributed by atoms with Crippen LogP contribution in [0.3, 0.4) is 0 Å². The maximum atomic E-state index is 10.8. The van der Waals surface area contributed by atoms with Gasteiger partial charge in [0.2, 0.25) is 0 Å². The number of thiazole rings is 1. The Morgan fingerprint density at radius 2 is 2.04 bits per heavy atom. The molecule has 0 bridgehead atoms. The number of benzene rings is 2. The topological polar surface area (TPSA) is 59.4 Å². The molecule has 0 aliphatic heterocycles. The van der Waals surface area contributed by atoms with Crippen molar-refractivity contribution in [3.8, 4) is 16.3 Å². The molecule has 5 heteroatoms. The minimum absolute atomic E-state index is 0.0489. The van der Waals surface area contributed by atoms with E-state index in [4.69, 9.17) is 9.84 Å². The Kier molecular flexibility index (Phi) is 4.91. The first-order valence-corrected chi connectivity index (χ1v) is 8.43. The molecule has 122 valence electrons. The number of carboxylic acids is 1. The summed E-state index contributed by atoms with van der Waals surface area (Å²) in [5.74, 6) is -0.0226. The third kappa shape index (κ3) is 4.20. The molecule has 0 saturated heterocycles. The molecule has 0 aliphatic carbocycles. The number of hydrogen-bond donors (Lipinski definition) is 1. The summed E-state index contributed by atoms with van der Waals surface area (Å²) in [7, 11) is 0. The smallest absolute Gasteiger partial charge is 0.309 e. The standard InChI is InChI=1S/C19H17NO3S/c1-13-4-2-7-17(8-13)23-11-14-5-3-6-15(9-14)19-20-16(12-24-19)10-18(21)22/h2-9,12H,10-11H2,1H3,(H,21,22). The van der Waals surface area contributed by atoms with E-state index in [9.17, 15) is 4.79 Å². The summed E-state index contributed by atoms with van der Waals surface area (Å²) in [5.41, 5.74) is 3.77. The van der Waals surface area contributed by atoms with Crippen LogP contribution in [-0.2, 0) is 17.8 Å². The van der Waals surface area contributed by atoms with E-state index >= 15 is 0 Å². The summed E-state index contributed by atoms with van der Waals surface area (Å²) < 4.78 is 5.83. The van der Waals surface area contributed by atoms with Crippen LogP contribution in [0.5, 0.6) is 5.75 Å². The molecular weight excluding hydrogens is 322 g/mol. The number of carbonyl (C=O) groups is 1. The van der Waals surface area contributed by atoms with Crippen molar-refractivity contribution in [3.05, 3.63) is 70.7 Å². The van der Waals surface area contributed by atoms with E-state index in [0.717, 1.165) is 27.4 Å². The maximum Gasteiger partial charge on any atom is 0.309 e. The summed E-state index contributed by atoms with van der Waals surface area (Å²) >= 11 is 1.45. The SMILES string of the molecule is Cc1cccc(OCc2cccc(-c3nc(CC(=O)O)cs3)c2)c1. The summed E-state index contributed by atoms with van der Waals surface area (Å²) in [6.07, 6.45) is -0.0489. The highest BCUT2D eigenvalue weighted by Gasteiger charge is 2.08. The molecule has 0 amide bonds. The predicted molar refractivity (Wildman–Crippen MR) is 94.4 cm³/mol. The molecule has 0 radical (unpaired) electrons. The molecule has 0 fully saturated rings. The van der Waals surface area contributed by atoms with E-state index in [1.54, 1.807) is 5.38 Å². The van der Waals surface area contributed by atoms with Gasteiger partial charge in [0, 0.05) is 10.9 Å². The quantitative estimate of drug-likeness (QED) is 0.726. The van der Waals surface area contributed by atoms with E-state index in [2.05, 4.69) is 4.98 Å². The van der Waals surface area contributed by atoms with Gasteiger partial charge in [0.15, 0.2) is 0 Å². The van der Waals surface area contributed by atoms with Crippen LogP contribution in [0.4, 0.5) is 0 Å². The van der Waals surface area contributed by atoms with Gasteiger partial charge < -0.3 is 9.84 Å². The number of aliphatic carboxylic acids is 1. The van der Waals surface area contributed by atoms with Gasteiger partial charge in [0.1, 0.15) is 17.4 Å². The fraction of sp³-hybridized carbons (Fsp3) is 0.158. The highest BCUT2D eigenvalue weighted by Crippen LogP contribution is 2.25. The first-order chi connectivity index (χ1) is 11.6. The van der Waals surface area contributed by atoms with E-state index in [0.29, 0.717) is 12.3 Å². The van der Waals surface area contributed by atoms with Crippen molar-refractivity contribution in [1.29, 1.82) is 0 Å². The minimum atomic E-state index is -0.868. The first-order valence-electron chi connectivity index (χ1n) is 7.55. The van der Waals surface area contributed by atoms with Crippen LogP contribution in [0.2, 0.25) is 0 Å². The van der Waals surface area contributed by atoms with Gasteiger partial charge in [-0.2, -0.15) is 0 Å². The maximum absolute atomic E-state index is 10.8. The summed E-state index contributed by atoms with van der Waals surface area (Å²) in [6.45, 7) is 2.51. The van der Waals surface area contributed by atoms with Crippen molar-refractivity contribution in [1.82, 2.24) is 4.98 Å². The minimum Gasteiger partial charge on any atom is -0.489 e. The Hall–Kier alpha value is -2.66. The lowest BCUT2D eigenvalue weighted by Crippen LogP contribution is -2.00. The van der Waals surface area contributed by atoms with Crippen LogP contribution in [0.1, 0.15) is 16.8 Å². The number of rotatable bonds is 6. The Morgan fingerprint density at radius 3 is 2.83 bits per heavy atom. The fourth-order valence-electron chi connectivity index (χ4n) is 2.34. The largest absolute Gasteiger partial charge is 0.489 e. The average Bonchev–Trinajstić information content (AvgIpc) is 3.01. The number of hydrogen-bond acceptors (Lipinski definition) is 4. The monoisotopic (exact) mass is 339 g/mol. The molecule has 0 aliphatic rings. The van der Waals surface area contributed by atoms with Gasteiger partial charge in [-0.15, -0.1) is 11.3 Å². The van der Waals surface area contributed by atoms with Crippen molar-refractivity contribution < 1.29 is 14.6 Å². The van der Waals surface area contributed by atoms with Gasteiger partial charge in [-0.3, -0.25) is 4.79 Å². The Morgan fingerprint density at radius 1 is 1.21 bits per heavy atom. The van der Waals surface area contributed by atoms with Gasteiger partial charge in [0.25, 0.3) is 0 Å². The van der Waals surface area contributed by atoms with Gasteiger partial charge >= 0.3 is 5.97 Å². The molecule has 4 nitrogen and oxygen atoms in total. The lowest BCUT2D eigenvalue weighted by atomic mass is 10.1. The molecule has 0 saturated carbocycles. The normalized spacial score (nSPS) is 10.5. The molecule has 0 unspecified atom stereocenters. The molecule has 3 aromatic rings. The van der Waals surface area contributed by atoms with Gasteiger partial charge in [-0.05, 0) is 36.2 Å². The highest BCUT2D eigenvalue weighted by molar-refractivity contribution is 7.13. The zero-order valence-corrected chi connectivity index (χ0v) is 14.0. The molecule has 0 spiro atoms. The molecular formula is C19H17NO3S. The van der Waals surface area contributed by atoms with Crippen LogP contribution in [0.15, 0.2) is 53.9 Å². The van der Waals surface area contributed by atoms with Crippen LogP contribution >= 0.6 is 11.3 Å². The van der Waals surface area contributed by atoms with Crippen molar-refractivity contribution in [2.45, 2.75) is 20.0 Å². The third-order valence-electron chi connectivity index (χ3n) is 3.45. The van der Waals surface area contributed by atoms with Crippen LogP contribution in [0, 0.1) is 6.92 Å². The number of carboxylic acid groups (broad SMARTS) is 1. The van der Waals surface area contributed by atoms with Crippen molar-refractivity contribution in [2.24, 2.45) is 0 Å². The lowest BCUT2D eigenvalue weighted by Gasteiger charge is -2.08. The second-order valence-corrected chi connectivity index (χ2v) is 6.38. The average molecular weight is 339 g/mol. The van der Waals surface area contributed by atoms with Crippen molar-refractivity contribution in [3.63, 3.8) is 0 Å². The van der Waals surface area contributed by atoms with Crippen LogP contribution in [-0.4, -0.2) is 16.1 Å². The van der Waals surface area contributed by atoms with E-state index < -0.39 is 5.97 Å². The fourth-order valence-corrected chi connectivity index (χ4v) is 3.16. The Balaban J connectivity index is 1.72. The molecule has 1 heterocycles. The van der Waals surface area contributed by atoms with Gasteiger partial charge in [-0.1, -0.05) is 30.3 Å². The summed E-state index contributed by atoms with van der Waals surface area (Å²) in [5, 5.41) is 11.5. The number of aromatic nitrogens is 1. The second-order valence-electron chi connectivity index (χ2n) is 5.52. The van der Waals surface area contributed by atoms with Crippen LogP contribution in [0.25, 0.3) is 10.6 Å². The highest BCUT2D eigenvalue weighted by atomic mass is 32.1. The molecule has 1 aromatic heterocycles. The molecule has 24 heavy (non-hydrogen) atoms. The van der Waals surface area contributed by atoms with E-state index in [1.165, 1.54) is 11.3 Å². The number of nitrogens with zero attached hydrogens (tertiary/aromatic N) is 1. The molecule has 1 N–H and O–H groups in total. The second kappa shape index (κ2) is 7.27. The van der Waals surface area contributed by atoms with Crippen molar-refractivity contribution in [2.75, 3.05) is 0 Å². The van der Waals surface area contributed by atoms with Crippen LogP contribution < -0.4 is 4.74 Å². The number of ether oxygens (including phenoxy) is 1. The zero-order chi connectivity index (χ0) is 16.9. The summed E-state index contributed by atoms with van der Waals surface area (Å²) in [4.78, 5) is 15.1. The number of aryl methyl sites for hydroxylation is 1. The third-order valence-corrected chi connectivity index (χ3v) is 4.39. The summed E-state index contributed by atoms with van der Waals surface area (Å²) in [6, 6.07) is 15.9. The lowest BCUT2D eigenvalue weighted by molar-refractivity contribution is -0.136. The Labute approximate surface area is 144 Å². The Bertz CT molecular complexity index is 857. The van der Waals surface area contributed by atoms with E-state index in [-0.39, 0.29) is 6.42 Å². The van der Waals surface area contributed by atoms with E-state index in [1.807, 2.05) is 55.5 Å². The molecule has 2 aromatic carbocycles. The van der Waals surface area contributed by atoms with Crippen molar-refractivity contribution >= 4 is 17.3 Å². The molecule has 0 atom stereocenters. The predicted octanol–water partition coefficient (Wildman–Crippen LogP) is 4.32. The van der Waals surface area contributed by atoms with Gasteiger partial charge in [-0.25, -0.2) is 4.98 Å².